The summed E-state index contributed by atoms with van der Waals surface area (Å²) in [4.78, 5) is 0. The van der Waals surface area contributed by atoms with E-state index in [1.165, 1.54) is 5.56 Å². The average molecular weight is 302 g/mol. The normalized spacial score (nSPS) is 10.7. The Morgan fingerprint density at radius 1 is 1.29 bits per heavy atom. The molecule has 5 heteroatoms. The van der Waals surface area contributed by atoms with Crippen molar-refractivity contribution < 1.29 is 0 Å². The lowest BCUT2D eigenvalue weighted by atomic mass is 10.2. The van der Waals surface area contributed by atoms with Crippen molar-refractivity contribution in [3.05, 3.63) is 47.7 Å². The third kappa shape index (κ3) is 4.86. The number of anilines is 1. The summed E-state index contributed by atoms with van der Waals surface area (Å²) in [5, 5.41) is 11.5. The van der Waals surface area contributed by atoms with Crippen LogP contribution in [0.3, 0.4) is 0 Å². The first-order valence-corrected chi connectivity index (χ1v) is 7.58. The Balaban J connectivity index is 1.97. The van der Waals surface area contributed by atoms with Crippen LogP contribution >= 0.6 is 12.2 Å². The van der Waals surface area contributed by atoms with E-state index < -0.39 is 0 Å². The minimum atomic E-state index is 0.558. The summed E-state index contributed by atoms with van der Waals surface area (Å²) in [6, 6.07) is 12.3. The Kier molecular flexibility index (Phi) is 5.33. The van der Waals surface area contributed by atoms with Crippen molar-refractivity contribution in [2.75, 3.05) is 11.9 Å². The number of hydrogen-bond donors (Lipinski definition) is 2. The molecule has 0 fully saturated rings. The van der Waals surface area contributed by atoms with Crippen LogP contribution in [0.25, 0.3) is 0 Å². The molecule has 2 N–H and O–H groups in total. The van der Waals surface area contributed by atoms with Gasteiger partial charge in [0.1, 0.15) is 0 Å². The lowest BCUT2D eigenvalue weighted by molar-refractivity contribution is 0.627. The van der Waals surface area contributed by atoms with Crippen molar-refractivity contribution in [2.24, 2.45) is 5.92 Å². The summed E-state index contributed by atoms with van der Waals surface area (Å²) in [6.45, 7) is 7.96. The second-order valence-corrected chi connectivity index (χ2v) is 5.95. The average Bonchev–Trinajstić information content (AvgIpc) is 2.77. The van der Waals surface area contributed by atoms with Gasteiger partial charge in [0.05, 0.1) is 6.54 Å². The smallest absolute Gasteiger partial charge is 0.171 e. The molecule has 0 aliphatic heterocycles. The molecule has 0 unspecified atom stereocenters. The zero-order chi connectivity index (χ0) is 15.2. The van der Waals surface area contributed by atoms with Crippen LogP contribution in [0.5, 0.6) is 0 Å². The minimum Gasteiger partial charge on any atom is -0.362 e. The second-order valence-electron chi connectivity index (χ2n) is 5.54. The van der Waals surface area contributed by atoms with Gasteiger partial charge in [-0.05, 0) is 30.6 Å². The zero-order valence-electron chi connectivity index (χ0n) is 12.8. The highest BCUT2D eigenvalue weighted by Crippen LogP contribution is 2.11. The van der Waals surface area contributed by atoms with Crippen molar-refractivity contribution >= 4 is 23.1 Å². The molecular formula is C16H22N4S. The lowest BCUT2D eigenvalue weighted by Crippen LogP contribution is -2.31. The number of rotatable bonds is 5. The first-order valence-electron chi connectivity index (χ1n) is 7.18. The fraction of sp³-hybridized carbons (Fsp3) is 0.375. The van der Waals surface area contributed by atoms with Crippen LogP contribution in [-0.2, 0) is 6.54 Å². The maximum atomic E-state index is 5.27. The van der Waals surface area contributed by atoms with Gasteiger partial charge < -0.3 is 10.6 Å². The second kappa shape index (κ2) is 7.22. The maximum Gasteiger partial charge on any atom is 0.171 e. The molecule has 0 saturated heterocycles. The van der Waals surface area contributed by atoms with Crippen molar-refractivity contribution in [1.82, 2.24) is 15.1 Å². The van der Waals surface area contributed by atoms with E-state index in [9.17, 15) is 0 Å². The van der Waals surface area contributed by atoms with Crippen LogP contribution in [0, 0.1) is 12.8 Å². The number of nitrogens with zero attached hydrogens (tertiary/aromatic N) is 2. The van der Waals surface area contributed by atoms with E-state index in [4.69, 9.17) is 12.2 Å². The quantitative estimate of drug-likeness (QED) is 0.833. The molecular weight excluding hydrogens is 280 g/mol. The first-order chi connectivity index (χ1) is 10.0. The molecule has 2 rings (SSSR count). The predicted octanol–water partition coefficient (Wildman–Crippen LogP) is 3.18. The Morgan fingerprint density at radius 2 is 2.00 bits per heavy atom. The molecule has 4 nitrogen and oxygen atoms in total. The summed E-state index contributed by atoms with van der Waals surface area (Å²) in [6.07, 6.45) is 0. The summed E-state index contributed by atoms with van der Waals surface area (Å²) < 4.78 is 1.97. The zero-order valence-corrected chi connectivity index (χ0v) is 13.6. The summed E-state index contributed by atoms with van der Waals surface area (Å²) in [5.41, 5.74) is 2.34. The Hall–Kier alpha value is -1.88. The van der Waals surface area contributed by atoms with E-state index in [2.05, 4.69) is 41.7 Å². The van der Waals surface area contributed by atoms with E-state index in [-0.39, 0.29) is 0 Å². The highest BCUT2D eigenvalue weighted by molar-refractivity contribution is 7.80. The molecule has 0 aliphatic carbocycles. The monoisotopic (exact) mass is 302 g/mol. The molecule has 1 aromatic heterocycles. The number of hydrogen-bond acceptors (Lipinski definition) is 2. The molecule has 2 aromatic rings. The highest BCUT2D eigenvalue weighted by atomic mass is 32.1. The van der Waals surface area contributed by atoms with Gasteiger partial charge in [0.2, 0.25) is 0 Å². The van der Waals surface area contributed by atoms with Gasteiger partial charge in [0.25, 0.3) is 0 Å². The number of thiocarbonyl (C=S) groups is 1. The molecule has 112 valence electrons. The van der Waals surface area contributed by atoms with Gasteiger partial charge in [-0.1, -0.05) is 44.2 Å². The fourth-order valence-corrected chi connectivity index (χ4v) is 2.13. The minimum absolute atomic E-state index is 0.558. The third-order valence-electron chi connectivity index (χ3n) is 3.07. The van der Waals surface area contributed by atoms with Gasteiger partial charge in [-0.3, -0.25) is 4.68 Å². The van der Waals surface area contributed by atoms with E-state index in [0.717, 1.165) is 24.6 Å². The molecule has 0 aliphatic rings. The van der Waals surface area contributed by atoms with E-state index >= 15 is 0 Å². The highest BCUT2D eigenvalue weighted by Gasteiger charge is 2.06. The molecule has 0 saturated carbocycles. The number of aromatic nitrogens is 2. The Bertz CT molecular complexity index is 590. The lowest BCUT2D eigenvalue weighted by Gasteiger charge is -2.10. The van der Waals surface area contributed by atoms with Crippen molar-refractivity contribution in [2.45, 2.75) is 27.3 Å². The van der Waals surface area contributed by atoms with Crippen LogP contribution in [0.15, 0.2) is 36.4 Å². The molecule has 0 radical (unpaired) electrons. The molecule has 1 aromatic carbocycles. The fourth-order valence-electron chi connectivity index (χ4n) is 1.94. The molecule has 0 spiro atoms. The Morgan fingerprint density at radius 3 is 2.67 bits per heavy atom. The van der Waals surface area contributed by atoms with Gasteiger partial charge in [-0.15, -0.1) is 0 Å². The van der Waals surface area contributed by atoms with Gasteiger partial charge in [0.15, 0.2) is 10.9 Å². The summed E-state index contributed by atoms with van der Waals surface area (Å²) in [5.74, 6) is 1.34. The van der Waals surface area contributed by atoms with Crippen molar-refractivity contribution in [3.63, 3.8) is 0 Å². The molecule has 0 amide bonds. The summed E-state index contributed by atoms with van der Waals surface area (Å²) in [7, 11) is 0. The first kappa shape index (κ1) is 15.5. The van der Waals surface area contributed by atoms with Crippen LogP contribution in [0.2, 0.25) is 0 Å². The number of benzene rings is 1. The Labute approximate surface area is 131 Å². The van der Waals surface area contributed by atoms with Gasteiger partial charge in [-0.2, -0.15) is 5.10 Å². The van der Waals surface area contributed by atoms with Gasteiger partial charge in [-0.25, -0.2) is 0 Å². The molecule has 0 bridgehead atoms. The van der Waals surface area contributed by atoms with Crippen LogP contribution < -0.4 is 10.6 Å². The van der Waals surface area contributed by atoms with Crippen molar-refractivity contribution in [1.29, 1.82) is 0 Å². The third-order valence-corrected chi connectivity index (χ3v) is 3.32. The summed E-state index contributed by atoms with van der Waals surface area (Å²) >= 11 is 5.27. The van der Waals surface area contributed by atoms with Crippen LogP contribution in [0.1, 0.15) is 25.1 Å². The van der Waals surface area contributed by atoms with Crippen LogP contribution in [-0.4, -0.2) is 21.4 Å². The van der Waals surface area contributed by atoms with Crippen LogP contribution in [0.4, 0.5) is 5.82 Å². The molecule has 21 heavy (non-hydrogen) atoms. The van der Waals surface area contributed by atoms with E-state index in [0.29, 0.717) is 11.0 Å². The SMILES string of the molecule is Cc1cc(NC(=S)NCC(C)C)nn1Cc1ccccc1. The van der Waals surface area contributed by atoms with E-state index in [1.807, 2.05) is 35.9 Å². The number of aryl methyl sites for hydroxylation is 1. The van der Waals surface area contributed by atoms with Gasteiger partial charge >= 0.3 is 0 Å². The standard InChI is InChI=1S/C16H22N4S/c1-12(2)10-17-16(21)18-15-9-13(3)20(19-15)11-14-7-5-4-6-8-14/h4-9,12H,10-11H2,1-3H3,(H2,17,18,19,21). The predicted molar refractivity (Wildman–Crippen MR) is 91.6 cm³/mol. The maximum absolute atomic E-state index is 5.27. The molecule has 0 atom stereocenters. The largest absolute Gasteiger partial charge is 0.362 e. The number of nitrogens with one attached hydrogen (secondary N) is 2. The van der Waals surface area contributed by atoms with E-state index in [1.54, 1.807) is 0 Å². The van der Waals surface area contributed by atoms with Gasteiger partial charge in [0, 0.05) is 18.3 Å². The molecule has 1 heterocycles. The van der Waals surface area contributed by atoms with Crippen molar-refractivity contribution in [3.8, 4) is 0 Å². The topological polar surface area (TPSA) is 41.9 Å².